The third kappa shape index (κ3) is 10.2. The fourth-order valence-electron chi connectivity index (χ4n) is 3.56. The molecule has 12 nitrogen and oxygen atoms in total. The van der Waals surface area contributed by atoms with Crippen molar-refractivity contribution in [1.29, 1.82) is 0 Å². The lowest BCUT2D eigenvalue weighted by molar-refractivity contribution is -0.141. The van der Waals surface area contributed by atoms with Crippen LogP contribution < -0.4 is 27.4 Å². The molecule has 1 aromatic carbocycles. The summed E-state index contributed by atoms with van der Waals surface area (Å²) >= 11 is 3.96. The number of carboxylic acids is 1. The molecule has 0 saturated heterocycles. The summed E-state index contributed by atoms with van der Waals surface area (Å²) in [7, 11) is 0. The van der Waals surface area contributed by atoms with Crippen molar-refractivity contribution in [3.05, 3.63) is 54.1 Å². The fourth-order valence-corrected chi connectivity index (χ4v) is 3.80. The van der Waals surface area contributed by atoms with Crippen LogP contribution in [0.4, 0.5) is 0 Å². The van der Waals surface area contributed by atoms with Crippen molar-refractivity contribution in [2.75, 3.05) is 12.3 Å². The summed E-state index contributed by atoms with van der Waals surface area (Å²) in [6, 6.07) is 4.84. The summed E-state index contributed by atoms with van der Waals surface area (Å²) in [6.45, 7) is 0.400. The lowest BCUT2D eigenvalue weighted by Gasteiger charge is -2.25. The Kier molecular flexibility index (Phi) is 12.6. The highest BCUT2D eigenvalue weighted by atomic mass is 32.1. The summed E-state index contributed by atoms with van der Waals surface area (Å²) in [5.74, 6) is -3.17. The largest absolute Gasteiger partial charge is 0.480 e. The van der Waals surface area contributed by atoms with Crippen molar-refractivity contribution in [2.45, 2.75) is 56.3 Å². The van der Waals surface area contributed by atoms with Crippen LogP contribution in [0.15, 0.2) is 42.9 Å². The molecule has 202 valence electrons. The number of unbranched alkanes of at least 4 members (excludes halogenated alkanes) is 1. The highest BCUT2D eigenvalue weighted by molar-refractivity contribution is 7.80. The number of carboxylic acid groups (broad SMARTS) is 1. The minimum atomic E-state index is -1.24. The summed E-state index contributed by atoms with van der Waals surface area (Å²) in [4.78, 5) is 57.2. The number of nitrogens with two attached hydrogens (primary N) is 2. The molecule has 0 bridgehead atoms. The second kappa shape index (κ2) is 15.6. The third-order valence-corrected chi connectivity index (χ3v) is 5.99. The number of hydrogen-bond donors (Lipinski definition) is 8. The van der Waals surface area contributed by atoms with Gasteiger partial charge < -0.3 is 37.5 Å². The quantitative estimate of drug-likeness (QED) is 0.100. The highest BCUT2D eigenvalue weighted by Gasteiger charge is 2.30. The number of hydrogen-bond acceptors (Lipinski definition) is 8. The average Bonchev–Trinajstić information content (AvgIpc) is 3.39. The molecule has 0 spiro atoms. The van der Waals surface area contributed by atoms with Gasteiger partial charge in [0, 0.05) is 30.5 Å². The molecule has 0 aliphatic heterocycles. The van der Waals surface area contributed by atoms with Gasteiger partial charge in [-0.15, -0.1) is 0 Å². The first kappa shape index (κ1) is 29.8. The van der Waals surface area contributed by atoms with Gasteiger partial charge in [-0.25, -0.2) is 9.78 Å². The highest BCUT2D eigenvalue weighted by Crippen LogP contribution is 2.08. The summed E-state index contributed by atoms with van der Waals surface area (Å²) in [5.41, 5.74) is 13.1. The second-order valence-electron chi connectivity index (χ2n) is 8.57. The topological polar surface area (TPSA) is 205 Å². The SMILES string of the molecule is NCCCCC(NC(=O)C(Cc1ccccc1)NC(=O)C(N)Cc1cnc[nH]1)C(=O)NC(CS)C(=O)O. The smallest absolute Gasteiger partial charge is 0.327 e. The first-order valence-corrected chi connectivity index (χ1v) is 12.6. The zero-order valence-corrected chi connectivity index (χ0v) is 21.3. The van der Waals surface area contributed by atoms with Gasteiger partial charge in [0.05, 0.1) is 12.4 Å². The van der Waals surface area contributed by atoms with E-state index in [1.54, 1.807) is 6.20 Å². The maximum absolute atomic E-state index is 13.3. The van der Waals surface area contributed by atoms with Gasteiger partial charge in [0.25, 0.3) is 0 Å². The van der Waals surface area contributed by atoms with Gasteiger partial charge >= 0.3 is 5.97 Å². The van der Waals surface area contributed by atoms with Gasteiger partial charge in [-0.2, -0.15) is 12.6 Å². The Balaban J connectivity index is 2.17. The molecule has 0 aliphatic rings. The monoisotopic (exact) mass is 533 g/mol. The van der Waals surface area contributed by atoms with E-state index in [2.05, 4.69) is 38.5 Å². The number of carbonyl (C=O) groups is 4. The Morgan fingerprint density at radius 3 is 2.19 bits per heavy atom. The lowest BCUT2D eigenvalue weighted by atomic mass is 10.0. The number of nitrogens with zero attached hydrogens (tertiary/aromatic N) is 1. The van der Waals surface area contributed by atoms with E-state index in [1.165, 1.54) is 6.33 Å². The molecule has 37 heavy (non-hydrogen) atoms. The van der Waals surface area contributed by atoms with Crippen LogP contribution in [0.25, 0.3) is 0 Å². The number of amides is 3. The average molecular weight is 534 g/mol. The molecule has 0 fully saturated rings. The van der Waals surface area contributed by atoms with Gasteiger partial charge in [-0.05, 0) is 31.4 Å². The Labute approximate surface area is 220 Å². The molecule has 0 saturated carbocycles. The van der Waals surface area contributed by atoms with Gasteiger partial charge in [0.2, 0.25) is 17.7 Å². The second-order valence-corrected chi connectivity index (χ2v) is 8.93. The zero-order valence-electron chi connectivity index (χ0n) is 20.4. The molecule has 9 N–H and O–H groups in total. The van der Waals surface area contributed by atoms with Crippen LogP contribution in [0.2, 0.25) is 0 Å². The maximum atomic E-state index is 13.3. The van der Waals surface area contributed by atoms with E-state index in [0.717, 1.165) is 5.56 Å². The van der Waals surface area contributed by atoms with Crippen molar-refractivity contribution >= 4 is 36.3 Å². The summed E-state index contributed by atoms with van der Waals surface area (Å²) in [6.07, 6.45) is 4.75. The Hall–Kier alpha value is -3.42. The van der Waals surface area contributed by atoms with E-state index in [-0.39, 0.29) is 25.0 Å². The van der Waals surface area contributed by atoms with E-state index < -0.39 is 47.9 Å². The van der Waals surface area contributed by atoms with E-state index in [4.69, 9.17) is 11.5 Å². The van der Waals surface area contributed by atoms with Crippen LogP contribution in [0.5, 0.6) is 0 Å². The Morgan fingerprint density at radius 2 is 1.59 bits per heavy atom. The first-order chi connectivity index (χ1) is 17.7. The van der Waals surface area contributed by atoms with Crippen LogP contribution >= 0.6 is 12.6 Å². The minimum Gasteiger partial charge on any atom is -0.480 e. The number of aromatic amines is 1. The van der Waals surface area contributed by atoms with Crippen molar-refractivity contribution in [2.24, 2.45) is 11.5 Å². The van der Waals surface area contributed by atoms with Crippen molar-refractivity contribution in [3.63, 3.8) is 0 Å². The maximum Gasteiger partial charge on any atom is 0.327 e. The van der Waals surface area contributed by atoms with Gasteiger partial charge in [0.1, 0.15) is 18.1 Å². The molecule has 4 unspecified atom stereocenters. The number of H-pyrrole nitrogens is 1. The molecule has 0 radical (unpaired) electrons. The number of aliphatic carboxylic acids is 1. The molecule has 2 aromatic rings. The van der Waals surface area contributed by atoms with E-state index >= 15 is 0 Å². The molecule has 3 amide bonds. The normalized spacial score (nSPS) is 14.1. The van der Waals surface area contributed by atoms with Crippen molar-refractivity contribution < 1.29 is 24.3 Å². The van der Waals surface area contributed by atoms with Crippen molar-refractivity contribution in [1.82, 2.24) is 25.9 Å². The van der Waals surface area contributed by atoms with Crippen LogP contribution in [0.3, 0.4) is 0 Å². The van der Waals surface area contributed by atoms with Crippen LogP contribution in [-0.4, -0.2) is 75.2 Å². The Bertz CT molecular complexity index is 1010. The van der Waals surface area contributed by atoms with Gasteiger partial charge in [0.15, 0.2) is 0 Å². The molecular formula is C24H35N7O5S. The van der Waals surface area contributed by atoms with E-state index in [1.807, 2.05) is 30.3 Å². The fraction of sp³-hybridized carbons (Fsp3) is 0.458. The predicted molar refractivity (Wildman–Crippen MR) is 141 cm³/mol. The third-order valence-electron chi connectivity index (χ3n) is 5.62. The van der Waals surface area contributed by atoms with E-state index in [9.17, 15) is 24.3 Å². The number of carbonyl (C=O) groups excluding carboxylic acids is 3. The Morgan fingerprint density at radius 1 is 0.946 bits per heavy atom. The lowest BCUT2D eigenvalue weighted by Crippen LogP contribution is -2.58. The number of rotatable bonds is 16. The minimum absolute atomic E-state index is 0.120. The van der Waals surface area contributed by atoms with Crippen LogP contribution in [-0.2, 0) is 32.0 Å². The van der Waals surface area contributed by atoms with Crippen LogP contribution in [0.1, 0.15) is 30.5 Å². The molecule has 2 rings (SSSR count). The number of nitrogens with one attached hydrogen (secondary N) is 4. The number of thiol groups is 1. The number of benzene rings is 1. The molecule has 13 heteroatoms. The van der Waals surface area contributed by atoms with Gasteiger partial charge in [-0.3, -0.25) is 14.4 Å². The molecule has 4 atom stereocenters. The standard InChI is InChI=1S/C24H35N7O5S/c25-9-5-4-8-18(22(33)31-20(13-37)24(35)36)29-23(34)19(10-15-6-2-1-3-7-15)30-21(32)17(26)11-16-12-27-14-28-16/h1-3,6-7,12,14,17-20,37H,4-5,8-11,13,25-26H2,(H,27,28)(H,29,34)(H,30,32)(H,31,33)(H,35,36). The molecular weight excluding hydrogens is 498 g/mol. The van der Waals surface area contributed by atoms with E-state index in [0.29, 0.717) is 25.1 Å². The first-order valence-electron chi connectivity index (χ1n) is 12.0. The molecule has 1 aromatic heterocycles. The predicted octanol–water partition coefficient (Wildman–Crippen LogP) is -0.880. The summed E-state index contributed by atoms with van der Waals surface area (Å²) in [5, 5.41) is 17.0. The number of aromatic nitrogens is 2. The molecule has 1 heterocycles. The number of imidazole rings is 1. The molecule has 0 aliphatic carbocycles. The summed E-state index contributed by atoms with van der Waals surface area (Å²) < 4.78 is 0. The van der Waals surface area contributed by atoms with Gasteiger partial charge in [-0.1, -0.05) is 30.3 Å². The van der Waals surface area contributed by atoms with Crippen molar-refractivity contribution in [3.8, 4) is 0 Å². The van der Waals surface area contributed by atoms with Crippen LogP contribution in [0, 0.1) is 0 Å². The zero-order chi connectivity index (χ0) is 27.2.